The summed E-state index contributed by atoms with van der Waals surface area (Å²) in [6, 6.07) is 24.0. The zero-order valence-electron chi connectivity index (χ0n) is 17.7. The van der Waals surface area contributed by atoms with Gasteiger partial charge in [0.1, 0.15) is 5.75 Å². The quantitative estimate of drug-likeness (QED) is 0.474. The van der Waals surface area contributed by atoms with E-state index >= 15 is 0 Å². The summed E-state index contributed by atoms with van der Waals surface area (Å²) in [6.45, 7) is 4.54. The van der Waals surface area contributed by atoms with Crippen molar-refractivity contribution in [3.05, 3.63) is 90.0 Å². The van der Waals surface area contributed by atoms with Gasteiger partial charge in [-0.3, -0.25) is 9.59 Å². The summed E-state index contributed by atoms with van der Waals surface area (Å²) in [5, 5.41) is 8.88. The van der Waals surface area contributed by atoms with E-state index in [2.05, 4.69) is 16.0 Å². The predicted octanol–water partition coefficient (Wildman–Crippen LogP) is 4.63. The molecule has 31 heavy (non-hydrogen) atoms. The number of benzene rings is 3. The third kappa shape index (κ3) is 6.60. The Balaban J connectivity index is 1.52. The zero-order valence-corrected chi connectivity index (χ0v) is 17.7. The van der Waals surface area contributed by atoms with E-state index in [9.17, 15) is 9.59 Å². The van der Waals surface area contributed by atoms with Gasteiger partial charge in [-0.1, -0.05) is 36.4 Å². The number of anilines is 2. The van der Waals surface area contributed by atoms with E-state index in [1.807, 2.05) is 62.4 Å². The van der Waals surface area contributed by atoms with E-state index in [1.165, 1.54) is 0 Å². The molecule has 0 spiro atoms. The van der Waals surface area contributed by atoms with Crippen LogP contribution in [0.3, 0.4) is 0 Å². The Morgan fingerprint density at radius 1 is 0.903 bits per heavy atom. The molecule has 2 amide bonds. The smallest absolute Gasteiger partial charge is 0.251 e. The fourth-order valence-corrected chi connectivity index (χ4v) is 3.06. The molecule has 0 heterocycles. The molecule has 0 bridgehead atoms. The molecule has 0 aliphatic rings. The molecule has 160 valence electrons. The average molecular weight is 418 g/mol. The molecule has 0 aromatic heterocycles. The van der Waals surface area contributed by atoms with Gasteiger partial charge in [0.15, 0.2) is 0 Å². The van der Waals surface area contributed by atoms with Crippen LogP contribution in [0.1, 0.15) is 35.8 Å². The Kier molecular flexibility index (Phi) is 7.65. The van der Waals surface area contributed by atoms with Gasteiger partial charge >= 0.3 is 0 Å². The SMILES string of the molecule is CCOc1ccc(NC(=O)CNc2cccc(C(=O)NC(C)c3ccccc3)c2)cc1. The van der Waals surface area contributed by atoms with Crippen LogP contribution in [0.4, 0.5) is 11.4 Å². The summed E-state index contributed by atoms with van der Waals surface area (Å²) < 4.78 is 5.39. The highest BCUT2D eigenvalue weighted by Crippen LogP contribution is 2.17. The maximum absolute atomic E-state index is 12.6. The largest absolute Gasteiger partial charge is 0.494 e. The fraction of sp³-hybridized carbons (Fsp3) is 0.200. The van der Waals surface area contributed by atoms with E-state index in [1.54, 1.807) is 30.3 Å². The van der Waals surface area contributed by atoms with Crippen LogP contribution in [0.15, 0.2) is 78.9 Å². The number of carbonyl (C=O) groups excluding carboxylic acids is 2. The average Bonchev–Trinajstić information content (AvgIpc) is 2.80. The van der Waals surface area contributed by atoms with Gasteiger partial charge in [0.2, 0.25) is 5.91 Å². The number of rotatable bonds is 9. The van der Waals surface area contributed by atoms with Crippen molar-refractivity contribution in [3.63, 3.8) is 0 Å². The summed E-state index contributed by atoms with van der Waals surface area (Å²) in [6.07, 6.45) is 0. The molecule has 6 heteroatoms. The number of hydrogen-bond donors (Lipinski definition) is 3. The van der Waals surface area contributed by atoms with Crippen LogP contribution in [0.2, 0.25) is 0 Å². The van der Waals surface area contributed by atoms with Crippen molar-refractivity contribution >= 4 is 23.2 Å². The summed E-state index contributed by atoms with van der Waals surface area (Å²) >= 11 is 0. The van der Waals surface area contributed by atoms with Gasteiger partial charge in [-0.05, 0) is 61.9 Å². The van der Waals surface area contributed by atoms with Crippen LogP contribution in [0.5, 0.6) is 5.75 Å². The summed E-state index contributed by atoms with van der Waals surface area (Å²) in [4.78, 5) is 24.8. The van der Waals surface area contributed by atoms with Crippen molar-refractivity contribution in [2.75, 3.05) is 23.8 Å². The van der Waals surface area contributed by atoms with Crippen molar-refractivity contribution in [2.45, 2.75) is 19.9 Å². The fourth-order valence-electron chi connectivity index (χ4n) is 3.06. The van der Waals surface area contributed by atoms with Gasteiger partial charge in [-0.2, -0.15) is 0 Å². The van der Waals surface area contributed by atoms with E-state index in [0.29, 0.717) is 23.5 Å². The Labute approximate surface area is 182 Å². The van der Waals surface area contributed by atoms with E-state index < -0.39 is 0 Å². The van der Waals surface area contributed by atoms with Crippen molar-refractivity contribution in [2.24, 2.45) is 0 Å². The lowest BCUT2D eigenvalue weighted by atomic mass is 10.1. The van der Waals surface area contributed by atoms with Crippen molar-refractivity contribution in [1.82, 2.24) is 5.32 Å². The summed E-state index contributed by atoms with van der Waals surface area (Å²) in [5.74, 6) is 0.408. The first-order valence-corrected chi connectivity index (χ1v) is 10.3. The van der Waals surface area contributed by atoms with Gasteiger partial charge in [0.25, 0.3) is 5.91 Å². The van der Waals surface area contributed by atoms with Gasteiger partial charge < -0.3 is 20.7 Å². The van der Waals surface area contributed by atoms with Crippen LogP contribution < -0.4 is 20.7 Å². The molecule has 0 radical (unpaired) electrons. The number of carbonyl (C=O) groups is 2. The van der Waals surface area contributed by atoms with Gasteiger partial charge in [-0.25, -0.2) is 0 Å². The second-order valence-corrected chi connectivity index (χ2v) is 7.05. The Morgan fingerprint density at radius 2 is 1.65 bits per heavy atom. The molecule has 1 atom stereocenters. The summed E-state index contributed by atoms with van der Waals surface area (Å²) in [5.41, 5.74) is 2.95. The predicted molar refractivity (Wildman–Crippen MR) is 123 cm³/mol. The van der Waals surface area contributed by atoms with Crippen LogP contribution in [-0.2, 0) is 4.79 Å². The topological polar surface area (TPSA) is 79.5 Å². The maximum Gasteiger partial charge on any atom is 0.251 e. The molecule has 0 saturated carbocycles. The normalized spacial score (nSPS) is 11.3. The standard InChI is InChI=1S/C25H27N3O3/c1-3-31-23-14-12-21(13-15-23)28-24(29)17-26-22-11-7-10-20(16-22)25(30)27-18(2)19-8-5-4-6-9-19/h4-16,18,26H,3,17H2,1-2H3,(H,27,30)(H,28,29). The molecule has 3 N–H and O–H groups in total. The lowest BCUT2D eigenvalue weighted by molar-refractivity contribution is -0.114. The Hall–Kier alpha value is -3.80. The second-order valence-electron chi connectivity index (χ2n) is 7.05. The molecule has 1 unspecified atom stereocenters. The molecular formula is C25H27N3O3. The minimum absolute atomic E-state index is 0.0820. The Bertz CT molecular complexity index is 1000. The zero-order chi connectivity index (χ0) is 22.1. The third-order valence-corrected chi connectivity index (χ3v) is 4.67. The highest BCUT2D eigenvalue weighted by Gasteiger charge is 2.12. The molecular weight excluding hydrogens is 390 g/mol. The molecule has 3 aromatic carbocycles. The van der Waals surface area contributed by atoms with E-state index in [0.717, 1.165) is 11.3 Å². The first kappa shape index (κ1) is 21.9. The highest BCUT2D eigenvalue weighted by atomic mass is 16.5. The van der Waals surface area contributed by atoms with E-state index in [4.69, 9.17) is 4.74 Å². The maximum atomic E-state index is 12.6. The van der Waals surface area contributed by atoms with Crippen LogP contribution in [0, 0.1) is 0 Å². The lowest BCUT2D eigenvalue weighted by Gasteiger charge is -2.15. The molecule has 3 rings (SSSR count). The number of nitrogens with one attached hydrogen (secondary N) is 3. The Morgan fingerprint density at radius 3 is 2.35 bits per heavy atom. The minimum Gasteiger partial charge on any atom is -0.494 e. The van der Waals surface area contributed by atoms with Crippen LogP contribution in [0.25, 0.3) is 0 Å². The van der Waals surface area contributed by atoms with Crippen molar-refractivity contribution in [1.29, 1.82) is 0 Å². The first-order valence-electron chi connectivity index (χ1n) is 10.3. The highest BCUT2D eigenvalue weighted by molar-refractivity contribution is 5.96. The van der Waals surface area contributed by atoms with Gasteiger partial charge in [-0.15, -0.1) is 0 Å². The first-order chi connectivity index (χ1) is 15.0. The van der Waals surface area contributed by atoms with Gasteiger partial charge in [0, 0.05) is 16.9 Å². The molecule has 0 saturated heterocycles. The lowest BCUT2D eigenvalue weighted by Crippen LogP contribution is -2.26. The number of hydrogen-bond acceptors (Lipinski definition) is 4. The van der Waals surface area contributed by atoms with Crippen molar-refractivity contribution < 1.29 is 14.3 Å². The van der Waals surface area contributed by atoms with Crippen LogP contribution in [-0.4, -0.2) is 25.0 Å². The summed E-state index contributed by atoms with van der Waals surface area (Å²) in [7, 11) is 0. The van der Waals surface area contributed by atoms with Crippen LogP contribution >= 0.6 is 0 Å². The monoisotopic (exact) mass is 417 g/mol. The molecule has 6 nitrogen and oxygen atoms in total. The van der Waals surface area contributed by atoms with Crippen molar-refractivity contribution in [3.8, 4) is 5.75 Å². The third-order valence-electron chi connectivity index (χ3n) is 4.67. The van der Waals surface area contributed by atoms with E-state index in [-0.39, 0.29) is 24.4 Å². The minimum atomic E-state index is -0.184. The number of amides is 2. The molecule has 3 aromatic rings. The second kappa shape index (κ2) is 10.8. The molecule has 0 aliphatic heterocycles. The van der Waals surface area contributed by atoms with Gasteiger partial charge in [0.05, 0.1) is 19.2 Å². The number of ether oxygens (including phenoxy) is 1. The molecule has 0 fully saturated rings. The molecule has 0 aliphatic carbocycles.